The lowest BCUT2D eigenvalue weighted by Crippen LogP contribution is -1.97. The number of fused-ring (bicyclic) bond motifs is 12. The van der Waals surface area contributed by atoms with Gasteiger partial charge < -0.3 is 0 Å². The van der Waals surface area contributed by atoms with Crippen molar-refractivity contribution < 1.29 is 0 Å². The molecule has 16 heteroatoms. The number of hydrogen-bond donors (Lipinski definition) is 0. The average molecular weight is 1780 g/mol. The summed E-state index contributed by atoms with van der Waals surface area (Å²) in [6.07, 6.45) is 1.79. The van der Waals surface area contributed by atoms with Crippen molar-refractivity contribution in [3.05, 3.63) is 443 Å². The number of benzene rings is 16. The fourth-order valence-electron chi connectivity index (χ4n) is 17.5. The van der Waals surface area contributed by atoms with Crippen molar-refractivity contribution >= 4 is 127 Å². The zero-order valence-electron chi connectivity index (χ0n) is 72.2. The Morgan fingerprint density at radius 1 is 0.156 bits per heavy atom. The van der Waals surface area contributed by atoms with Gasteiger partial charge in [-0.05, 0) is 82.6 Å². The quantitative estimate of drug-likeness (QED) is 0.101. The summed E-state index contributed by atoms with van der Waals surface area (Å²) in [5, 5.41) is 7.87. The van der Waals surface area contributed by atoms with Gasteiger partial charge in [-0.15, -0.1) is 34.0 Å². The highest BCUT2D eigenvalue weighted by Gasteiger charge is 2.24. The van der Waals surface area contributed by atoms with Crippen molar-refractivity contribution in [3.63, 3.8) is 0 Å². The van der Waals surface area contributed by atoms with Crippen molar-refractivity contribution in [2.75, 3.05) is 0 Å². The lowest BCUT2D eigenvalue weighted by atomic mass is 9.99. The van der Waals surface area contributed by atoms with Crippen LogP contribution in [0.1, 0.15) is 0 Å². The molecule has 13 nitrogen and oxygen atoms in total. The van der Waals surface area contributed by atoms with Gasteiger partial charge in [0, 0.05) is 114 Å². The molecule has 0 unspecified atom stereocenters. The number of hydrogen-bond acceptors (Lipinski definition) is 16. The minimum atomic E-state index is 0.632. The standard InChI is InChI=1S/C42H26N4S.C41H25N5S.C36H22N4S/c1-3-12-27(13-4-1)31-16-11-17-32(26-31)37-33-18-7-9-20-35(33)43-41(44-37)29-22-24-30(25-23-29)42-45-38(28-14-5-2-6-15-28)40-39(46-42)34-19-8-10-21-36(34)47-40;1-2-11-27(12-3-1)37-39-38(32-14-6-7-16-36(32)47-39)46-41(45-37)29-20-18-28(19-21-29)40-43-34(25-35(44-40)33-15-8-9-23-42-33)31-22-17-26-10-4-5-13-30(26)24-31;1-3-11-23(12-4-1)31-27-15-7-9-17-29(27)37-35(38-31)25-19-21-26(22-20-25)36-39-32(24-13-5-2-6-14-24)34-33(40-36)28-16-8-10-18-30(28)41-34/h1-26H;1-25H;1-22H. The van der Waals surface area contributed by atoms with Crippen LogP contribution < -0.4 is 0 Å². The van der Waals surface area contributed by atoms with Crippen molar-refractivity contribution in [1.82, 2.24) is 64.8 Å². The third-order valence-corrected chi connectivity index (χ3v) is 27.7. The van der Waals surface area contributed by atoms with E-state index in [-0.39, 0.29) is 0 Å². The zero-order chi connectivity index (χ0) is 89.5. The van der Waals surface area contributed by atoms with E-state index in [0.29, 0.717) is 34.9 Å². The summed E-state index contributed by atoms with van der Waals surface area (Å²) in [4.78, 5) is 65.4. The monoisotopic (exact) mass is 1780 g/mol. The molecule has 0 N–H and O–H groups in total. The van der Waals surface area contributed by atoms with Crippen molar-refractivity contribution in [2.45, 2.75) is 0 Å². The van der Waals surface area contributed by atoms with Crippen LogP contribution in [-0.4, -0.2) is 64.8 Å². The molecule has 0 atom stereocenters. The van der Waals surface area contributed by atoms with Crippen molar-refractivity contribution in [3.8, 4) is 158 Å². The molecule has 0 radical (unpaired) electrons. The maximum atomic E-state index is 5.16. The molecule has 0 bridgehead atoms. The molecule has 0 aliphatic carbocycles. The van der Waals surface area contributed by atoms with Crippen LogP contribution >= 0.6 is 34.0 Å². The number of pyridine rings is 1. The second-order valence-electron chi connectivity index (χ2n) is 32.7. The van der Waals surface area contributed by atoms with E-state index >= 15 is 0 Å². The Bertz CT molecular complexity index is 8960. The molecule has 0 saturated carbocycles. The summed E-state index contributed by atoms with van der Waals surface area (Å²) in [7, 11) is 0. The van der Waals surface area contributed by atoms with Crippen LogP contribution in [0.2, 0.25) is 0 Å². The lowest BCUT2D eigenvalue weighted by molar-refractivity contribution is 1.16. The number of rotatable bonds is 14. The number of nitrogens with zero attached hydrogens (tertiary/aromatic N) is 13. The largest absolute Gasteiger partial charge is 0.255 e. The van der Waals surface area contributed by atoms with E-state index in [4.69, 9.17) is 59.8 Å². The average Bonchev–Trinajstić information content (AvgIpc) is 1.64. The SMILES string of the molecule is c1ccc(-c2cccc(-c3nc(-c4ccc(-c5nc(-c6ccccc6)c6sc7ccccc7c6n5)cc4)nc4ccccc34)c2)cc1.c1ccc(-c2nc(-c3ccc(-c4nc(-c5ccc6ccccc6c5)cc(-c5ccccn5)n4)cc3)nc3c2sc2ccccc23)cc1.c1ccc(-c2nc(-c3ccc(-c4nc(-c5ccccc5)c5sc6ccccc6c5n4)cc3)nc3ccccc23)cc1. The topological polar surface area (TPSA) is 168 Å². The third-order valence-electron chi connectivity index (χ3n) is 24.2. The molecular formula is C119H73N13S3. The molecule has 26 rings (SSSR count). The summed E-state index contributed by atoms with van der Waals surface area (Å²) < 4.78 is 6.93. The minimum Gasteiger partial charge on any atom is -0.255 e. The first-order valence-electron chi connectivity index (χ1n) is 44.5. The normalized spacial score (nSPS) is 11.4. The van der Waals surface area contributed by atoms with E-state index in [1.54, 1.807) is 40.2 Å². The minimum absolute atomic E-state index is 0.632. The highest BCUT2D eigenvalue weighted by Crippen LogP contribution is 2.45. The fourth-order valence-corrected chi connectivity index (χ4v) is 20.9. The molecule has 0 spiro atoms. The summed E-state index contributed by atoms with van der Waals surface area (Å²) in [5.74, 6) is 4.10. The predicted octanol–water partition coefficient (Wildman–Crippen LogP) is 31.1. The predicted molar refractivity (Wildman–Crippen MR) is 558 cm³/mol. The molecule has 0 fully saturated rings. The van der Waals surface area contributed by atoms with Gasteiger partial charge in [-0.3, -0.25) is 4.98 Å². The lowest BCUT2D eigenvalue weighted by Gasteiger charge is -2.11. The molecule has 10 aromatic heterocycles. The van der Waals surface area contributed by atoms with Gasteiger partial charge in [-0.2, -0.15) is 0 Å². The molecule has 16 aromatic carbocycles. The van der Waals surface area contributed by atoms with Gasteiger partial charge in [0.05, 0.1) is 87.2 Å². The van der Waals surface area contributed by atoms with Gasteiger partial charge >= 0.3 is 0 Å². The Kier molecular flexibility index (Phi) is 21.2. The van der Waals surface area contributed by atoms with E-state index < -0.39 is 0 Å². The van der Waals surface area contributed by atoms with Crippen molar-refractivity contribution in [2.24, 2.45) is 0 Å². The molecule has 135 heavy (non-hydrogen) atoms. The van der Waals surface area contributed by atoms with Gasteiger partial charge in [0.15, 0.2) is 34.9 Å². The number of para-hydroxylation sites is 2. The first kappa shape index (κ1) is 80.9. The van der Waals surface area contributed by atoms with Gasteiger partial charge in [-0.1, -0.05) is 376 Å². The Hall–Kier alpha value is -17.4. The van der Waals surface area contributed by atoms with Crippen molar-refractivity contribution in [1.29, 1.82) is 0 Å². The first-order valence-corrected chi connectivity index (χ1v) is 46.9. The van der Waals surface area contributed by atoms with Crippen LogP contribution in [0.5, 0.6) is 0 Å². The Labute approximate surface area is 787 Å². The zero-order valence-corrected chi connectivity index (χ0v) is 74.6. The molecular weight excluding hydrogens is 1710 g/mol. The second-order valence-corrected chi connectivity index (χ2v) is 35.9. The smallest absolute Gasteiger partial charge is 0.160 e. The summed E-state index contributed by atoms with van der Waals surface area (Å²) in [5.41, 5.74) is 26.2. The van der Waals surface area contributed by atoms with Crippen LogP contribution in [0, 0.1) is 0 Å². The van der Waals surface area contributed by atoms with Crippen LogP contribution in [0.4, 0.5) is 0 Å². The fraction of sp³-hybridized carbons (Fsp3) is 0. The summed E-state index contributed by atoms with van der Waals surface area (Å²) in [6.45, 7) is 0. The second kappa shape index (κ2) is 35.5. The Balaban J connectivity index is 0.000000111. The maximum Gasteiger partial charge on any atom is 0.160 e. The first-order chi connectivity index (χ1) is 66.9. The van der Waals surface area contributed by atoms with E-state index in [1.165, 1.54) is 30.4 Å². The van der Waals surface area contributed by atoms with Gasteiger partial charge in [0.2, 0.25) is 0 Å². The highest BCUT2D eigenvalue weighted by atomic mass is 32.1. The van der Waals surface area contributed by atoms with E-state index in [9.17, 15) is 0 Å². The third kappa shape index (κ3) is 16.0. The molecule has 0 aliphatic rings. The Morgan fingerprint density at radius 3 is 0.889 bits per heavy atom. The summed E-state index contributed by atoms with van der Waals surface area (Å²) in [6, 6.07) is 150. The molecule has 0 saturated heterocycles. The maximum absolute atomic E-state index is 5.16. The Morgan fingerprint density at radius 2 is 0.467 bits per heavy atom. The van der Waals surface area contributed by atoms with Gasteiger partial charge in [0.25, 0.3) is 0 Å². The molecule has 632 valence electrons. The highest BCUT2D eigenvalue weighted by molar-refractivity contribution is 7.27. The van der Waals surface area contributed by atoms with Gasteiger partial charge in [0.1, 0.15) is 0 Å². The van der Waals surface area contributed by atoms with Crippen LogP contribution in [0.25, 0.3) is 252 Å². The molecule has 10 heterocycles. The van der Waals surface area contributed by atoms with E-state index in [2.05, 4.69) is 345 Å². The van der Waals surface area contributed by atoms with E-state index in [0.717, 1.165) is 186 Å². The number of aromatic nitrogens is 13. The van der Waals surface area contributed by atoms with Gasteiger partial charge in [-0.25, -0.2) is 59.8 Å². The molecule has 26 aromatic rings. The molecule has 0 aliphatic heterocycles. The van der Waals surface area contributed by atoms with Crippen LogP contribution in [-0.2, 0) is 0 Å². The van der Waals surface area contributed by atoms with Crippen LogP contribution in [0.3, 0.4) is 0 Å². The van der Waals surface area contributed by atoms with Crippen LogP contribution in [0.15, 0.2) is 443 Å². The summed E-state index contributed by atoms with van der Waals surface area (Å²) >= 11 is 5.23. The number of thiophene rings is 3. The van der Waals surface area contributed by atoms with E-state index in [1.807, 2.05) is 97.1 Å². The molecule has 0 amide bonds.